The van der Waals surface area contributed by atoms with Gasteiger partial charge in [0.1, 0.15) is 0 Å². The highest BCUT2D eigenvalue weighted by Gasteiger charge is 2.04. The fraction of sp³-hybridized carbons (Fsp3) is 0.0667. The van der Waals surface area contributed by atoms with E-state index in [2.05, 4.69) is 43.7 Å². The summed E-state index contributed by atoms with van der Waals surface area (Å²) in [5.74, 6) is 0. The van der Waals surface area contributed by atoms with Crippen LogP contribution >= 0.6 is 15.9 Å². The molecule has 3 aromatic rings. The molecular weight excluding hydrogens is 302 g/mol. The minimum Gasteiger partial charge on any atom is -0.326 e. The predicted molar refractivity (Wildman–Crippen MR) is 77.7 cm³/mol. The van der Waals surface area contributed by atoms with Crippen LogP contribution in [0, 0.1) is 11.3 Å². The van der Waals surface area contributed by atoms with Gasteiger partial charge in [-0.3, -0.25) is 0 Å². The van der Waals surface area contributed by atoms with Crippen LogP contribution in [0.1, 0.15) is 11.1 Å². The highest BCUT2D eigenvalue weighted by Crippen LogP contribution is 2.17. The van der Waals surface area contributed by atoms with Gasteiger partial charge in [0.05, 0.1) is 29.0 Å². The fourth-order valence-corrected chi connectivity index (χ4v) is 2.30. The lowest BCUT2D eigenvalue weighted by molar-refractivity contribution is 0.824. The smallest absolute Gasteiger partial charge is 0.0992 e. The van der Waals surface area contributed by atoms with Gasteiger partial charge in [0.15, 0.2) is 0 Å². The number of benzene rings is 2. The Hall–Kier alpha value is -2.12. The zero-order valence-corrected chi connectivity index (χ0v) is 11.6. The Balaban J connectivity index is 2.01. The Labute approximate surface area is 119 Å². The van der Waals surface area contributed by atoms with Crippen molar-refractivity contribution in [2.45, 2.75) is 6.54 Å². The van der Waals surface area contributed by atoms with Gasteiger partial charge in [-0.2, -0.15) is 5.26 Å². The Morgan fingerprint density at radius 3 is 2.68 bits per heavy atom. The maximum Gasteiger partial charge on any atom is 0.0992 e. The van der Waals surface area contributed by atoms with Crippen LogP contribution < -0.4 is 0 Å². The molecule has 1 heterocycles. The molecule has 1 aromatic heterocycles. The van der Waals surface area contributed by atoms with Crippen LogP contribution in [0.2, 0.25) is 0 Å². The Bertz CT molecular complexity index is 766. The molecular formula is C15H10BrN3. The second kappa shape index (κ2) is 4.87. The van der Waals surface area contributed by atoms with Crippen molar-refractivity contribution in [3.63, 3.8) is 0 Å². The van der Waals surface area contributed by atoms with Gasteiger partial charge in [0.25, 0.3) is 0 Å². The van der Waals surface area contributed by atoms with Crippen LogP contribution in [0.25, 0.3) is 11.0 Å². The summed E-state index contributed by atoms with van der Waals surface area (Å²) >= 11 is 3.43. The summed E-state index contributed by atoms with van der Waals surface area (Å²) in [7, 11) is 0. The first-order valence-electron chi connectivity index (χ1n) is 5.86. The van der Waals surface area contributed by atoms with Crippen molar-refractivity contribution in [1.29, 1.82) is 5.26 Å². The Kier molecular flexibility index (Phi) is 3.06. The summed E-state index contributed by atoms with van der Waals surface area (Å²) in [5, 5.41) is 8.96. The van der Waals surface area contributed by atoms with Gasteiger partial charge in [0.2, 0.25) is 0 Å². The third-order valence-corrected chi connectivity index (χ3v) is 3.54. The van der Waals surface area contributed by atoms with Crippen LogP contribution in [0.3, 0.4) is 0 Å². The zero-order chi connectivity index (χ0) is 13.2. The van der Waals surface area contributed by atoms with Gasteiger partial charge in [-0.1, -0.05) is 28.1 Å². The molecule has 4 heteroatoms. The first-order chi connectivity index (χ1) is 9.26. The van der Waals surface area contributed by atoms with Crippen molar-refractivity contribution in [2.24, 2.45) is 0 Å². The third-order valence-electron chi connectivity index (χ3n) is 3.02. The molecule has 0 spiro atoms. The molecule has 0 atom stereocenters. The van der Waals surface area contributed by atoms with Gasteiger partial charge < -0.3 is 4.57 Å². The molecule has 0 saturated heterocycles. The largest absolute Gasteiger partial charge is 0.326 e. The minimum atomic E-state index is 0.657. The van der Waals surface area contributed by atoms with E-state index in [4.69, 9.17) is 5.26 Å². The first kappa shape index (κ1) is 11.9. The second-order valence-electron chi connectivity index (χ2n) is 4.31. The molecule has 0 fully saturated rings. The fourth-order valence-electron chi connectivity index (χ4n) is 2.04. The number of halogens is 1. The summed E-state index contributed by atoms with van der Waals surface area (Å²) in [5.41, 5.74) is 3.76. The molecule has 0 unspecified atom stereocenters. The molecule has 92 valence electrons. The number of aromatic nitrogens is 2. The minimum absolute atomic E-state index is 0.657. The predicted octanol–water partition coefficient (Wildman–Crippen LogP) is 3.72. The van der Waals surface area contributed by atoms with Crippen molar-refractivity contribution < 1.29 is 0 Å². The average molecular weight is 312 g/mol. The van der Waals surface area contributed by atoms with Crippen molar-refractivity contribution in [3.8, 4) is 6.07 Å². The lowest BCUT2D eigenvalue weighted by atomic mass is 10.2. The maximum absolute atomic E-state index is 8.96. The van der Waals surface area contributed by atoms with E-state index >= 15 is 0 Å². The number of imidazole rings is 1. The van der Waals surface area contributed by atoms with E-state index in [0.717, 1.165) is 22.1 Å². The number of fused-ring (bicyclic) bond motifs is 1. The van der Waals surface area contributed by atoms with E-state index in [1.807, 2.05) is 30.6 Å². The molecule has 0 aliphatic heterocycles. The van der Waals surface area contributed by atoms with Gasteiger partial charge >= 0.3 is 0 Å². The van der Waals surface area contributed by atoms with Crippen molar-refractivity contribution in [2.75, 3.05) is 0 Å². The molecule has 0 radical (unpaired) electrons. The summed E-state index contributed by atoms with van der Waals surface area (Å²) in [6.07, 6.45) is 1.81. The number of nitriles is 1. The van der Waals surface area contributed by atoms with E-state index in [0.29, 0.717) is 5.56 Å². The third kappa shape index (κ3) is 2.38. The Morgan fingerprint density at radius 2 is 1.95 bits per heavy atom. The number of nitrogens with zero attached hydrogens (tertiary/aromatic N) is 3. The summed E-state index contributed by atoms with van der Waals surface area (Å²) in [6.45, 7) is 0.749. The highest BCUT2D eigenvalue weighted by molar-refractivity contribution is 9.10. The van der Waals surface area contributed by atoms with Gasteiger partial charge in [-0.05, 0) is 35.9 Å². The first-order valence-corrected chi connectivity index (χ1v) is 6.65. The normalized spacial score (nSPS) is 10.5. The molecule has 0 saturated carbocycles. The molecule has 0 N–H and O–H groups in total. The quantitative estimate of drug-likeness (QED) is 0.724. The molecule has 2 aromatic carbocycles. The van der Waals surface area contributed by atoms with Crippen molar-refractivity contribution in [3.05, 3.63) is 64.4 Å². The van der Waals surface area contributed by atoms with Crippen LogP contribution in [0.5, 0.6) is 0 Å². The van der Waals surface area contributed by atoms with Gasteiger partial charge in [0, 0.05) is 11.0 Å². The standard InChI is InChI=1S/C15H10BrN3/c16-13-4-1-11(2-5-13)9-19-10-18-14-6-3-12(8-17)7-15(14)19/h1-7,10H,9H2. The van der Waals surface area contributed by atoms with Gasteiger partial charge in [-0.15, -0.1) is 0 Å². The second-order valence-corrected chi connectivity index (χ2v) is 5.23. The lowest BCUT2D eigenvalue weighted by Crippen LogP contribution is -1.97. The number of hydrogen-bond donors (Lipinski definition) is 0. The molecule has 0 aliphatic rings. The van der Waals surface area contributed by atoms with Crippen LogP contribution in [0.15, 0.2) is 53.3 Å². The summed E-state index contributed by atoms with van der Waals surface area (Å²) in [4.78, 5) is 4.35. The van der Waals surface area contributed by atoms with Crippen molar-refractivity contribution >= 4 is 27.0 Å². The van der Waals surface area contributed by atoms with E-state index in [1.54, 1.807) is 6.07 Å². The molecule has 0 aliphatic carbocycles. The van der Waals surface area contributed by atoms with Crippen LogP contribution in [-0.2, 0) is 6.54 Å². The summed E-state index contributed by atoms with van der Waals surface area (Å²) < 4.78 is 3.12. The topological polar surface area (TPSA) is 41.6 Å². The Morgan fingerprint density at radius 1 is 1.16 bits per heavy atom. The molecule has 0 bridgehead atoms. The highest BCUT2D eigenvalue weighted by atomic mass is 79.9. The van der Waals surface area contributed by atoms with Gasteiger partial charge in [-0.25, -0.2) is 4.98 Å². The maximum atomic E-state index is 8.96. The molecule has 3 rings (SSSR count). The summed E-state index contributed by atoms with van der Waals surface area (Å²) in [6, 6.07) is 15.9. The van der Waals surface area contributed by atoms with Crippen LogP contribution in [-0.4, -0.2) is 9.55 Å². The monoisotopic (exact) mass is 311 g/mol. The van der Waals surface area contributed by atoms with E-state index in [1.165, 1.54) is 5.56 Å². The molecule has 3 nitrogen and oxygen atoms in total. The number of hydrogen-bond acceptors (Lipinski definition) is 2. The van der Waals surface area contributed by atoms with Crippen LogP contribution in [0.4, 0.5) is 0 Å². The zero-order valence-electron chi connectivity index (χ0n) is 10.0. The van der Waals surface area contributed by atoms with E-state index in [-0.39, 0.29) is 0 Å². The van der Waals surface area contributed by atoms with Crippen molar-refractivity contribution in [1.82, 2.24) is 9.55 Å². The lowest BCUT2D eigenvalue weighted by Gasteiger charge is -2.05. The molecule has 0 amide bonds. The average Bonchev–Trinajstić information content (AvgIpc) is 2.84. The SMILES string of the molecule is N#Cc1ccc2ncn(Cc3ccc(Br)cc3)c2c1. The number of rotatable bonds is 2. The van der Waals surface area contributed by atoms with E-state index < -0.39 is 0 Å². The molecule has 19 heavy (non-hydrogen) atoms. The van der Waals surface area contributed by atoms with E-state index in [9.17, 15) is 0 Å².